The van der Waals surface area contributed by atoms with E-state index < -0.39 is 18.0 Å². The summed E-state index contributed by atoms with van der Waals surface area (Å²) < 4.78 is 68.1. The predicted octanol–water partition coefficient (Wildman–Crippen LogP) is 4.40. The van der Waals surface area contributed by atoms with Crippen molar-refractivity contribution in [1.82, 2.24) is 14.8 Å². The first-order chi connectivity index (χ1) is 14.5. The number of amides is 1. The molecule has 0 saturated heterocycles. The molecule has 1 heterocycles. The zero-order valence-electron chi connectivity index (χ0n) is 16.0. The summed E-state index contributed by atoms with van der Waals surface area (Å²) in [6.07, 6.45) is -11.0. The summed E-state index contributed by atoms with van der Waals surface area (Å²) in [4.78, 5) is 16.1. The van der Waals surface area contributed by atoms with Crippen LogP contribution in [0.3, 0.4) is 0 Å². The van der Waals surface area contributed by atoms with Gasteiger partial charge < -0.3 is 10.5 Å². The molecular weight excluding hydrogens is 425 g/mol. The van der Waals surface area contributed by atoms with Crippen LogP contribution in [-0.2, 0) is 4.79 Å². The van der Waals surface area contributed by atoms with Crippen LogP contribution in [-0.4, -0.2) is 33.0 Å². The quantitative estimate of drug-likeness (QED) is 0.437. The highest BCUT2D eigenvalue weighted by Gasteiger charge is 2.61. The zero-order chi connectivity index (χ0) is 22.8. The SMILES string of the molecule is CCC(=O)Nc1nc(-c2ccc(N)cc2)nn1-c1ccc(OC(F)(F)C(F)(F)F)cc1. The number of hydrogen-bond acceptors (Lipinski definition) is 5. The molecule has 0 atom stereocenters. The molecule has 1 amide bonds. The summed E-state index contributed by atoms with van der Waals surface area (Å²) in [5.74, 6) is -0.797. The van der Waals surface area contributed by atoms with Gasteiger partial charge in [-0.1, -0.05) is 6.92 Å². The fourth-order valence-corrected chi connectivity index (χ4v) is 2.40. The smallest absolute Gasteiger partial charge is 0.426 e. The normalized spacial score (nSPS) is 11.9. The number of nitrogens with one attached hydrogen (secondary N) is 1. The predicted molar refractivity (Wildman–Crippen MR) is 102 cm³/mol. The fourth-order valence-electron chi connectivity index (χ4n) is 2.40. The second kappa shape index (κ2) is 8.20. The number of benzene rings is 2. The summed E-state index contributed by atoms with van der Waals surface area (Å²) in [5, 5.41) is 6.85. The van der Waals surface area contributed by atoms with Gasteiger partial charge in [0.2, 0.25) is 11.9 Å². The van der Waals surface area contributed by atoms with Gasteiger partial charge in [-0.15, -0.1) is 5.10 Å². The maximum atomic E-state index is 13.1. The van der Waals surface area contributed by atoms with Gasteiger partial charge in [-0.2, -0.15) is 31.6 Å². The number of nitrogens with two attached hydrogens (primary N) is 1. The highest BCUT2D eigenvalue weighted by atomic mass is 19.4. The molecule has 1 aromatic heterocycles. The van der Waals surface area contributed by atoms with Gasteiger partial charge in [-0.25, -0.2) is 0 Å². The van der Waals surface area contributed by atoms with Gasteiger partial charge in [0.25, 0.3) is 0 Å². The van der Waals surface area contributed by atoms with Crippen molar-refractivity contribution in [2.75, 3.05) is 11.1 Å². The van der Waals surface area contributed by atoms with Crippen LogP contribution in [0.5, 0.6) is 5.75 Å². The lowest BCUT2D eigenvalue weighted by Crippen LogP contribution is -2.41. The summed E-state index contributed by atoms with van der Waals surface area (Å²) in [7, 11) is 0. The van der Waals surface area contributed by atoms with E-state index in [4.69, 9.17) is 5.73 Å². The first kappa shape index (κ1) is 22.0. The molecule has 0 bridgehead atoms. The summed E-state index contributed by atoms with van der Waals surface area (Å²) >= 11 is 0. The molecule has 0 aliphatic heterocycles. The van der Waals surface area contributed by atoms with Crippen LogP contribution in [0.15, 0.2) is 48.5 Å². The van der Waals surface area contributed by atoms with Gasteiger partial charge in [0.15, 0.2) is 5.82 Å². The molecule has 0 unspecified atom stereocenters. The van der Waals surface area contributed by atoms with Crippen molar-refractivity contribution in [3.63, 3.8) is 0 Å². The molecule has 3 rings (SSSR count). The third-order valence-electron chi connectivity index (χ3n) is 4.01. The Labute approximate surface area is 172 Å². The number of aromatic nitrogens is 3. The van der Waals surface area contributed by atoms with Crippen LogP contribution in [0.25, 0.3) is 17.1 Å². The van der Waals surface area contributed by atoms with E-state index in [1.54, 1.807) is 31.2 Å². The molecule has 164 valence electrons. The van der Waals surface area contributed by atoms with Crippen LogP contribution in [0, 0.1) is 0 Å². The standard InChI is InChI=1S/C19H16F5N5O2/c1-2-15(30)26-17-27-16(11-3-5-12(25)6-4-11)28-29(17)13-7-9-14(10-8-13)31-19(23,24)18(20,21)22/h3-10H,2,25H2,1H3,(H,26,27,28,30). The molecule has 0 saturated carbocycles. The summed E-state index contributed by atoms with van der Waals surface area (Å²) in [5.41, 5.74) is 7.01. The Morgan fingerprint density at radius 1 is 1.06 bits per heavy atom. The van der Waals surface area contributed by atoms with E-state index in [0.29, 0.717) is 11.3 Å². The topological polar surface area (TPSA) is 95.1 Å². The van der Waals surface area contributed by atoms with Crippen LogP contribution in [0.4, 0.5) is 33.6 Å². The lowest BCUT2D eigenvalue weighted by atomic mass is 10.2. The number of nitrogens with zero attached hydrogens (tertiary/aromatic N) is 3. The molecule has 0 aliphatic carbocycles. The maximum Gasteiger partial charge on any atom is 0.499 e. The number of anilines is 2. The van der Waals surface area contributed by atoms with Crippen LogP contribution in [0.1, 0.15) is 13.3 Å². The lowest BCUT2D eigenvalue weighted by Gasteiger charge is -2.20. The van der Waals surface area contributed by atoms with Crippen LogP contribution < -0.4 is 15.8 Å². The number of nitrogen functional groups attached to an aromatic ring is 1. The van der Waals surface area contributed by atoms with E-state index in [-0.39, 0.29) is 29.8 Å². The van der Waals surface area contributed by atoms with Crippen LogP contribution >= 0.6 is 0 Å². The maximum absolute atomic E-state index is 13.1. The molecule has 3 aromatic rings. The minimum atomic E-state index is -5.86. The van der Waals surface area contributed by atoms with Crippen molar-refractivity contribution >= 4 is 17.5 Å². The zero-order valence-corrected chi connectivity index (χ0v) is 16.0. The van der Waals surface area contributed by atoms with Crippen molar-refractivity contribution in [2.45, 2.75) is 25.6 Å². The first-order valence-corrected chi connectivity index (χ1v) is 8.87. The van der Waals surface area contributed by atoms with Crippen LogP contribution in [0.2, 0.25) is 0 Å². The van der Waals surface area contributed by atoms with E-state index in [0.717, 1.165) is 12.1 Å². The number of carbonyl (C=O) groups is 1. The molecule has 0 radical (unpaired) electrons. The molecule has 7 nitrogen and oxygen atoms in total. The van der Waals surface area contributed by atoms with Crippen molar-refractivity contribution in [3.8, 4) is 22.8 Å². The third-order valence-corrected chi connectivity index (χ3v) is 4.01. The molecule has 3 N–H and O–H groups in total. The van der Waals surface area contributed by atoms with Crippen molar-refractivity contribution in [3.05, 3.63) is 48.5 Å². The Morgan fingerprint density at radius 3 is 2.23 bits per heavy atom. The Morgan fingerprint density at radius 2 is 1.68 bits per heavy atom. The van der Waals surface area contributed by atoms with E-state index in [9.17, 15) is 26.7 Å². The molecule has 0 spiro atoms. The van der Waals surface area contributed by atoms with Gasteiger partial charge in [0.05, 0.1) is 5.69 Å². The van der Waals surface area contributed by atoms with E-state index in [1.807, 2.05) is 0 Å². The first-order valence-electron chi connectivity index (χ1n) is 8.87. The molecule has 31 heavy (non-hydrogen) atoms. The van der Waals surface area contributed by atoms with E-state index in [1.165, 1.54) is 16.8 Å². The highest BCUT2D eigenvalue weighted by molar-refractivity contribution is 5.89. The number of rotatable bonds is 6. The lowest BCUT2D eigenvalue weighted by molar-refractivity contribution is -0.360. The average Bonchev–Trinajstić information content (AvgIpc) is 3.11. The molecule has 0 fully saturated rings. The van der Waals surface area contributed by atoms with Gasteiger partial charge >= 0.3 is 12.3 Å². The largest absolute Gasteiger partial charge is 0.499 e. The monoisotopic (exact) mass is 441 g/mol. The second-order valence-corrected chi connectivity index (χ2v) is 6.31. The average molecular weight is 441 g/mol. The van der Waals surface area contributed by atoms with Gasteiger partial charge in [0.1, 0.15) is 5.75 Å². The van der Waals surface area contributed by atoms with E-state index in [2.05, 4.69) is 20.1 Å². The van der Waals surface area contributed by atoms with Crippen molar-refractivity contribution in [2.24, 2.45) is 0 Å². The number of alkyl halides is 5. The Kier molecular flexibility index (Phi) is 5.82. The summed E-state index contributed by atoms with van der Waals surface area (Å²) in [6.45, 7) is 1.63. The molecular formula is C19H16F5N5O2. The fraction of sp³-hybridized carbons (Fsp3) is 0.211. The third kappa shape index (κ3) is 4.90. The molecule has 2 aromatic carbocycles. The molecule has 12 heteroatoms. The number of ether oxygens (including phenoxy) is 1. The van der Waals surface area contributed by atoms with Crippen molar-refractivity contribution in [1.29, 1.82) is 0 Å². The van der Waals surface area contributed by atoms with Gasteiger partial charge in [-0.3, -0.25) is 10.1 Å². The Hall–Kier alpha value is -3.70. The minimum absolute atomic E-state index is 0.0352. The number of halogens is 5. The highest BCUT2D eigenvalue weighted by Crippen LogP contribution is 2.37. The van der Waals surface area contributed by atoms with Gasteiger partial charge in [-0.05, 0) is 48.5 Å². The Balaban J connectivity index is 1.95. The van der Waals surface area contributed by atoms with Gasteiger partial charge in [0, 0.05) is 17.7 Å². The van der Waals surface area contributed by atoms with E-state index >= 15 is 0 Å². The van der Waals surface area contributed by atoms with Crippen molar-refractivity contribution < 1.29 is 31.5 Å². The minimum Gasteiger partial charge on any atom is -0.426 e. The summed E-state index contributed by atoms with van der Waals surface area (Å²) in [6, 6.07) is 10.8. The number of carbonyl (C=O) groups excluding carboxylic acids is 1. The number of hydrogen-bond donors (Lipinski definition) is 2. The Bertz CT molecular complexity index is 1060. The molecule has 0 aliphatic rings. The second-order valence-electron chi connectivity index (χ2n) is 6.31.